The summed E-state index contributed by atoms with van der Waals surface area (Å²) in [6.45, 7) is 0. The normalized spacial score (nSPS) is 11.9. The average Bonchev–Trinajstić information content (AvgIpc) is 2.41. The Kier molecular flexibility index (Phi) is 4.49. The van der Waals surface area contributed by atoms with E-state index >= 15 is 0 Å². The summed E-state index contributed by atoms with van der Waals surface area (Å²) in [6, 6.07) is 12.5. The van der Waals surface area contributed by atoms with Gasteiger partial charge in [0.25, 0.3) is 5.91 Å². The van der Waals surface area contributed by atoms with E-state index in [1.54, 1.807) is 12.1 Å². The van der Waals surface area contributed by atoms with Crippen LogP contribution in [0.25, 0.3) is 0 Å². The fourth-order valence-corrected chi connectivity index (χ4v) is 1.85. The third-order valence-corrected chi connectivity index (χ3v) is 2.78. The average molecular weight is 277 g/mol. The molecule has 0 bridgehead atoms. The van der Waals surface area contributed by atoms with Crippen LogP contribution < -0.4 is 5.32 Å². The van der Waals surface area contributed by atoms with Gasteiger partial charge in [-0.2, -0.15) is 0 Å². The molecule has 0 radical (unpaired) electrons. The van der Waals surface area contributed by atoms with E-state index < -0.39 is 6.10 Å². The van der Waals surface area contributed by atoms with Crippen molar-refractivity contribution in [1.82, 2.24) is 4.98 Å². The van der Waals surface area contributed by atoms with Crippen molar-refractivity contribution in [3.8, 4) is 0 Å². The molecule has 5 heteroatoms. The smallest absolute Gasteiger partial charge is 0.259 e. The van der Waals surface area contributed by atoms with Crippen LogP contribution in [0.15, 0.2) is 48.7 Å². The highest BCUT2D eigenvalue weighted by Gasteiger charge is 2.20. The number of ether oxygens (including phenoxy) is 1. The molecule has 0 aliphatic rings. The highest BCUT2D eigenvalue weighted by atomic mass is 35.5. The largest absolute Gasteiger partial charge is 0.367 e. The van der Waals surface area contributed by atoms with Crippen LogP contribution in [0.4, 0.5) is 5.82 Å². The zero-order valence-electron chi connectivity index (χ0n) is 10.3. The molecule has 1 unspecified atom stereocenters. The molecular weight excluding hydrogens is 264 g/mol. The van der Waals surface area contributed by atoms with Gasteiger partial charge in [0.05, 0.1) is 0 Å². The second-order valence-corrected chi connectivity index (χ2v) is 4.31. The molecule has 1 N–H and O–H groups in total. The van der Waals surface area contributed by atoms with E-state index in [2.05, 4.69) is 10.3 Å². The van der Waals surface area contributed by atoms with Crippen LogP contribution >= 0.6 is 11.6 Å². The van der Waals surface area contributed by atoms with Crippen molar-refractivity contribution >= 4 is 23.3 Å². The van der Waals surface area contributed by atoms with Crippen molar-refractivity contribution in [2.24, 2.45) is 0 Å². The molecule has 2 aromatic rings. The van der Waals surface area contributed by atoms with Gasteiger partial charge in [0.15, 0.2) is 6.10 Å². The first-order chi connectivity index (χ1) is 9.20. The number of hydrogen-bond acceptors (Lipinski definition) is 3. The lowest BCUT2D eigenvalue weighted by atomic mass is 10.1. The van der Waals surface area contributed by atoms with Crippen molar-refractivity contribution in [3.05, 3.63) is 59.2 Å². The second-order valence-electron chi connectivity index (χ2n) is 3.87. The Balaban J connectivity index is 2.14. The number of carbonyl (C=O) groups excluding carboxylic acids is 1. The summed E-state index contributed by atoms with van der Waals surface area (Å²) in [5, 5.41) is 3.19. The molecule has 0 saturated heterocycles. The van der Waals surface area contributed by atoms with Crippen LogP contribution in [0, 0.1) is 0 Å². The van der Waals surface area contributed by atoms with Gasteiger partial charge in [-0.3, -0.25) is 4.79 Å². The highest BCUT2D eigenvalue weighted by Crippen LogP contribution is 2.19. The SMILES string of the molecule is COC(C(=O)Nc1cc(Cl)ccn1)c1ccccc1. The summed E-state index contributed by atoms with van der Waals surface area (Å²) < 4.78 is 5.23. The van der Waals surface area contributed by atoms with Crippen LogP contribution in [-0.2, 0) is 9.53 Å². The van der Waals surface area contributed by atoms with Gasteiger partial charge in [0.2, 0.25) is 0 Å². The van der Waals surface area contributed by atoms with E-state index in [1.165, 1.54) is 13.3 Å². The number of aromatic nitrogens is 1. The van der Waals surface area contributed by atoms with E-state index in [-0.39, 0.29) is 5.91 Å². The number of hydrogen-bond donors (Lipinski definition) is 1. The number of carbonyl (C=O) groups is 1. The second kappa shape index (κ2) is 6.31. The maximum absolute atomic E-state index is 12.1. The monoisotopic (exact) mass is 276 g/mol. The van der Waals surface area contributed by atoms with Crippen LogP contribution in [0.1, 0.15) is 11.7 Å². The Labute approximate surface area is 116 Å². The molecule has 19 heavy (non-hydrogen) atoms. The van der Waals surface area contributed by atoms with Gasteiger partial charge in [0.1, 0.15) is 5.82 Å². The quantitative estimate of drug-likeness (QED) is 0.934. The molecule has 98 valence electrons. The van der Waals surface area contributed by atoms with Crippen LogP contribution in [0.5, 0.6) is 0 Å². The number of halogens is 1. The summed E-state index contributed by atoms with van der Waals surface area (Å²) in [7, 11) is 1.49. The maximum Gasteiger partial charge on any atom is 0.259 e. The lowest BCUT2D eigenvalue weighted by molar-refractivity contribution is -0.126. The van der Waals surface area contributed by atoms with Crippen molar-refractivity contribution in [3.63, 3.8) is 0 Å². The minimum Gasteiger partial charge on any atom is -0.367 e. The standard InChI is InChI=1S/C14H13ClN2O2/c1-19-13(10-5-3-2-4-6-10)14(18)17-12-9-11(15)7-8-16-12/h2-9,13H,1H3,(H,16,17,18). The van der Waals surface area contributed by atoms with Crippen LogP contribution in [-0.4, -0.2) is 18.0 Å². The fraction of sp³-hybridized carbons (Fsp3) is 0.143. The van der Waals surface area contributed by atoms with E-state index in [0.29, 0.717) is 10.8 Å². The molecule has 0 fully saturated rings. The minimum absolute atomic E-state index is 0.288. The third-order valence-electron chi connectivity index (χ3n) is 2.55. The molecule has 0 saturated carbocycles. The molecule has 1 aromatic carbocycles. The first-order valence-corrected chi connectivity index (χ1v) is 6.08. The highest BCUT2D eigenvalue weighted by molar-refractivity contribution is 6.30. The predicted molar refractivity (Wildman–Crippen MR) is 74.1 cm³/mol. The van der Waals surface area contributed by atoms with E-state index in [0.717, 1.165) is 5.56 Å². The Hall–Kier alpha value is -1.91. The van der Waals surface area contributed by atoms with Crippen molar-refractivity contribution in [1.29, 1.82) is 0 Å². The number of nitrogens with one attached hydrogen (secondary N) is 1. The first-order valence-electron chi connectivity index (χ1n) is 5.71. The van der Waals surface area contributed by atoms with E-state index in [4.69, 9.17) is 16.3 Å². The number of methoxy groups -OCH3 is 1. The molecule has 2 rings (SSSR count). The van der Waals surface area contributed by atoms with Crippen molar-refractivity contribution < 1.29 is 9.53 Å². The van der Waals surface area contributed by atoms with Gasteiger partial charge in [-0.15, -0.1) is 0 Å². The van der Waals surface area contributed by atoms with Gasteiger partial charge in [-0.05, 0) is 17.7 Å². The fourth-order valence-electron chi connectivity index (χ4n) is 1.69. The van der Waals surface area contributed by atoms with Crippen molar-refractivity contribution in [2.75, 3.05) is 12.4 Å². The Morgan fingerprint density at radius 3 is 2.68 bits per heavy atom. The number of anilines is 1. The Bertz CT molecular complexity index is 560. The van der Waals surface area contributed by atoms with Gasteiger partial charge in [-0.1, -0.05) is 41.9 Å². The lowest BCUT2D eigenvalue weighted by Gasteiger charge is -2.15. The number of benzene rings is 1. The molecule has 0 spiro atoms. The maximum atomic E-state index is 12.1. The lowest BCUT2D eigenvalue weighted by Crippen LogP contribution is -2.23. The zero-order chi connectivity index (χ0) is 13.7. The number of pyridine rings is 1. The molecule has 1 heterocycles. The van der Waals surface area contributed by atoms with Gasteiger partial charge in [0, 0.05) is 18.3 Å². The third kappa shape index (κ3) is 3.53. The van der Waals surface area contributed by atoms with Crippen LogP contribution in [0.3, 0.4) is 0 Å². The number of rotatable bonds is 4. The summed E-state index contributed by atoms with van der Waals surface area (Å²) in [5.74, 6) is 0.110. The van der Waals surface area contributed by atoms with Crippen LogP contribution in [0.2, 0.25) is 5.02 Å². The topological polar surface area (TPSA) is 51.2 Å². The number of nitrogens with zero attached hydrogens (tertiary/aromatic N) is 1. The van der Waals surface area contributed by atoms with Gasteiger partial charge < -0.3 is 10.1 Å². The molecule has 0 aliphatic heterocycles. The molecule has 1 atom stereocenters. The predicted octanol–water partition coefficient (Wildman–Crippen LogP) is 3.06. The molecular formula is C14H13ClN2O2. The molecule has 1 aromatic heterocycles. The first kappa shape index (κ1) is 13.5. The Morgan fingerprint density at radius 2 is 2.05 bits per heavy atom. The summed E-state index contributed by atoms with van der Waals surface area (Å²) in [5.41, 5.74) is 0.782. The summed E-state index contributed by atoms with van der Waals surface area (Å²) in [6.07, 6.45) is 0.851. The summed E-state index contributed by atoms with van der Waals surface area (Å²) >= 11 is 5.84. The molecule has 0 aliphatic carbocycles. The zero-order valence-corrected chi connectivity index (χ0v) is 11.1. The van der Waals surface area contributed by atoms with Crippen molar-refractivity contribution in [2.45, 2.75) is 6.10 Å². The van der Waals surface area contributed by atoms with Gasteiger partial charge >= 0.3 is 0 Å². The summed E-state index contributed by atoms with van der Waals surface area (Å²) in [4.78, 5) is 16.2. The van der Waals surface area contributed by atoms with E-state index in [9.17, 15) is 4.79 Å². The molecule has 1 amide bonds. The van der Waals surface area contributed by atoms with Gasteiger partial charge in [-0.25, -0.2) is 4.98 Å². The van der Waals surface area contributed by atoms with E-state index in [1.807, 2.05) is 30.3 Å². The minimum atomic E-state index is -0.679. The molecule has 4 nitrogen and oxygen atoms in total. The Morgan fingerprint density at radius 1 is 1.32 bits per heavy atom. The number of amides is 1.